The van der Waals surface area contributed by atoms with E-state index in [1.54, 1.807) is 6.92 Å². The van der Waals surface area contributed by atoms with Gasteiger partial charge in [-0.3, -0.25) is 4.79 Å². The van der Waals surface area contributed by atoms with E-state index in [4.69, 9.17) is 9.26 Å². The molecule has 1 aromatic heterocycles. The van der Waals surface area contributed by atoms with Crippen LogP contribution in [0.15, 0.2) is 4.52 Å². The third-order valence-corrected chi connectivity index (χ3v) is 5.78. The van der Waals surface area contributed by atoms with Crippen molar-refractivity contribution in [1.82, 2.24) is 10.5 Å². The number of carbonyl (C=O) groups excluding carboxylic acids is 2. The van der Waals surface area contributed by atoms with Crippen molar-refractivity contribution in [3.8, 4) is 0 Å². The molecule has 2 fully saturated rings. The van der Waals surface area contributed by atoms with Crippen molar-refractivity contribution in [2.45, 2.75) is 65.3 Å². The molecule has 0 unspecified atom stereocenters. The summed E-state index contributed by atoms with van der Waals surface area (Å²) in [6, 6.07) is 0.130. The van der Waals surface area contributed by atoms with E-state index in [0.717, 1.165) is 11.8 Å². The molecule has 2 bridgehead atoms. The van der Waals surface area contributed by atoms with Crippen molar-refractivity contribution in [2.75, 3.05) is 6.61 Å². The highest BCUT2D eigenvalue weighted by Gasteiger charge is 2.42. The zero-order chi connectivity index (χ0) is 18.1. The van der Waals surface area contributed by atoms with Gasteiger partial charge in [-0.2, -0.15) is 0 Å². The normalized spacial score (nSPS) is 26.0. The smallest absolute Gasteiger partial charge is 0.344 e. The lowest BCUT2D eigenvalue weighted by Crippen LogP contribution is -2.42. The van der Waals surface area contributed by atoms with E-state index in [1.165, 1.54) is 25.7 Å². The molecule has 4 atom stereocenters. The Morgan fingerprint density at radius 3 is 2.64 bits per heavy atom. The average molecular weight is 348 g/mol. The predicted octanol–water partition coefficient (Wildman–Crippen LogP) is 3.20. The molecular formula is C19H28N2O4. The summed E-state index contributed by atoms with van der Waals surface area (Å²) in [6.07, 6.45) is 5.15. The minimum absolute atomic E-state index is 0.0235. The molecule has 1 aromatic rings. The zero-order valence-electron chi connectivity index (χ0n) is 15.5. The number of amides is 1. The number of ether oxygens (including phenoxy) is 1. The Morgan fingerprint density at radius 2 is 2.04 bits per heavy atom. The third-order valence-electron chi connectivity index (χ3n) is 5.78. The van der Waals surface area contributed by atoms with Crippen LogP contribution in [0.4, 0.5) is 0 Å². The number of esters is 1. The summed E-state index contributed by atoms with van der Waals surface area (Å²) in [4.78, 5) is 24.5. The summed E-state index contributed by atoms with van der Waals surface area (Å²) in [5, 5.41) is 6.84. The Morgan fingerprint density at radius 1 is 1.28 bits per heavy atom. The lowest BCUT2D eigenvalue weighted by atomic mass is 9.84. The monoisotopic (exact) mass is 348 g/mol. The summed E-state index contributed by atoms with van der Waals surface area (Å²) in [7, 11) is 0. The first-order chi connectivity index (χ1) is 11.9. The van der Waals surface area contributed by atoms with Gasteiger partial charge in [0, 0.05) is 12.0 Å². The van der Waals surface area contributed by atoms with Gasteiger partial charge in [-0.05, 0) is 50.9 Å². The van der Waals surface area contributed by atoms with Crippen LogP contribution in [0.1, 0.15) is 74.2 Å². The number of aryl methyl sites for hydroxylation is 1. The van der Waals surface area contributed by atoms with Crippen LogP contribution in [-0.4, -0.2) is 29.7 Å². The van der Waals surface area contributed by atoms with Crippen molar-refractivity contribution in [3.05, 3.63) is 17.0 Å². The summed E-state index contributed by atoms with van der Waals surface area (Å²) in [5.41, 5.74) is 0.827. The van der Waals surface area contributed by atoms with E-state index in [9.17, 15) is 9.59 Å². The second-order valence-electron chi connectivity index (χ2n) is 7.93. The fourth-order valence-corrected chi connectivity index (χ4v) is 4.54. The van der Waals surface area contributed by atoms with Crippen LogP contribution in [0, 0.1) is 24.7 Å². The van der Waals surface area contributed by atoms with E-state index in [2.05, 4.69) is 17.4 Å². The minimum Gasteiger partial charge on any atom is -0.452 e. The molecule has 2 saturated carbocycles. The topological polar surface area (TPSA) is 81.4 Å². The highest BCUT2D eigenvalue weighted by molar-refractivity contribution is 5.93. The summed E-state index contributed by atoms with van der Waals surface area (Å²) < 4.78 is 10.4. The third kappa shape index (κ3) is 3.72. The molecule has 6 heteroatoms. The SMILES string of the molecule is Cc1noc(C(C)C)c1C(=O)OCC(=O)N[C@@H](C)[C@@H]1C[C@H]2CC[C@H]1C2. The van der Waals surface area contributed by atoms with Gasteiger partial charge >= 0.3 is 5.97 Å². The Kier molecular flexibility index (Phi) is 5.16. The van der Waals surface area contributed by atoms with Crippen LogP contribution in [-0.2, 0) is 9.53 Å². The Bertz CT molecular complexity index is 652. The van der Waals surface area contributed by atoms with Crippen molar-refractivity contribution in [2.24, 2.45) is 17.8 Å². The lowest BCUT2D eigenvalue weighted by molar-refractivity contribution is -0.125. The van der Waals surface area contributed by atoms with Gasteiger partial charge in [-0.1, -0.05) is 25.4 Å². The second-order valence-corrected chi connectivity index (χ2v) is 7.93. The Balaban J connectivity index is 1.50. The summed E-state index contributed by atoms with van der Waals surface area (Å²) in [6.45, 7) is 7.32. The van der Waals surface area contributed by atoms with Crippen LogP contribution in [0.2, 0.25) is 0 Å². The summed E-state index contributed by atoms with van der Waals surface area (Å²) in [5.74, 6) is 1.88. The molecule has 1 heterocycles. The fourth-order valence-electron chi connectivity index (χ4n) is 4.54. The van der Waals surface area contributed by atoms with E-state index in [0.29, 0.717) is 22.9 Å². The molecule has 3 rings (SSSR count). The first kappa shape index (κ1) is 18.0. The molecule has 2 aliphatic carbocycles. The van der Waals surface area contributed by atoms with E-state index >= 15 is 0 Å². The van der Waals surface area contributed by atoms with Gasteiger partial charge in [0.25, 0.3) is 5.91 Å². The lowest BCUT2D eigenvalue weighted by Gasteiger charge is -2.28. The molecule has 0 radical (unpaired) electrons. The predicted molar refractivity (Wildman–Crippen MR) is 92.2 cm³/mol. The van der Waals surface area contributed by atoms with E-state index < -0.39 is 5.97 Å². The molecule has 2 aliphatic rings. The fraction of sp³-hybridized carbons (Fsp3) is 0.737. The van der Waals surface area contributed by atoms with Crippen LogP contribution in [0.5, 0.6) is 0 Å². The van der Waals surface area contributed by atoms with Gasteiger partial charge < -0.3 is 14.6 Å². The molecule has 0 saturated heterocycles. The molecule has 0 aromatic carbocycles. The van der Waals surface area contributed by atoms with Crippen LogP contribution < -0.4 is 5.32 Å². The van der Waals surface area contributed by atoms with Gasteiger partial charge in [-0.15, -0.1) is 0 Å². The number of hydrogen-bond acceptors (Lipinski definition) is 5. The standard InChI is InChI=1S/C19H28N2O4/c1-10(2)18-17(12(4)21-25-18)19(23)24-9-16(22)20-11(3)15-8-13-5-6-14(15)7-13/h10-11,13-15H,5-9H2,1-4H3,(H,20,22)/t11-,13-,14-,15-/m0/s1. The maximum atomic E-state index is 12.3. The molecule has 138 valence electrons. The maximum Gasteiger partial charge on any atom is 0.344 e. The number of aromatic nitrogens is 1. The molecule has 6 nitrogen and oxygen atoms in total. The van der Waals surface area contributed by atoms with Gasteiger partial charge in [-0.25, -0.2) is 4.79 Å². The second kappa shape index (κ2) is 7.18. The van der Waals surface area contributed by atoms with Gasteiger partial charge in [0.2, 0.25) is 0 Å². The number of nitrogens with one attached hydrogen (secondary N) is 1. The quantitative estimate of drug-likeness (QED) is 0.798. The molecular weight excluding hydrogens is 320 g/mol. The number of carbonyl (C=O) groups is 2. The van der Waals surface area contributed by atoms with Crippen LogP contribution in [0.25, 0.3) is 0 Å². The molecule has 1 N–H and O–H groups in total. The van der Waals surface area contributed by atoms with Gasteiger partial charge in [0.15, 0.2) is 12.4 Å². The first-order valence-electron chi connectivity index (χ1n) is 9.29. The number of nitrogens with zero attached hydrogens (tertiary/aromatic N) is 1. The Hall–Kier alpha value is -1.85. The van der Waals surface area contributed by atoms with Crippen molar-refractivity contribution < 1.29 is 18.8 Å². The van der Waals surface area contributed by atoms with Crippen molar-refractivity contribution in [3.63, 3.8) is 0 Å². The molecule has 1 amide bonds. The average Bonchev–Trinajstić information content (AvgIpc) is 3.27. The molecule has 0 aliphatic heterocycles. The largest absolute Gasteiger partial charge is 0.452 e. The molecule has 25 heavy (non-hydrogen) atoms. The van der Waals surface area contributed by atoms with Crippen LogP contribution in [0.3, 0.4) is 0 Å². The van der Waals surface area contributed by atoms with Gasteiger partial charge in [0.1, 0.15) is 5.56 Å². The van der Waals surface area contributed by atoms with E-state index in [-0.39, 0.29) is 24.5 Å². The molecule has 0 spiro atoms. The van der Waals surface area contributed by atoms with Crippen molar-refractivity contribution >= 4 is 11.9 Å². The number of rotatable bonds is 6. The Labute approximate surface area is 148 Å². The van der Waals surface area contributed by atoms with Gasteiger partial charge in [0.05, 0.1) is 5.69 Å². The number of fused-ring (bicyclic) bond motifs is 2. The highest BCUT2D eigenvalue weighted by atomic mass is 16.5. The number of hydrogen-bond donors (Lipinski definition) is 1. The van der Waals surface area contributed by atoms with Crippen molar-refractivity contribution in [1.29, 1.82) is 0 Å². The first-order valence-corrected chi connectivity index (χ1v) is 9.29. The highest BCUT2D eigenvalue weighted by Crippen LogP contribution is 2.49. The van der Waals surface area contributed by atoms with Crippen LogP contribution >= 0.6 is 0 Å². The maximum absolute atomic E-state index is 12.3. The zero-order valence-corrected chi connectivity index (χ0v) is 15.5. The minimum atomic E-state index is -0.551. The summed E-state index contributed by atoms with van der Waals surface area (Å²) >= 11 is 0. The van der Waals surface area contributed by atoms with E-state index in [1.807, 2.05) is 13.8 Å².